The Hall–Kier alpha value is -2.86. The minimum absolute atomic E-state index is 0.0613. The molecule has 0 bridgehead atoms. The standard InChI is InChI=1S/C23H27N3O3/c1-15-16(2)26-13-19(20-9-6-12-25(20)14-27)18(22(29)23(26)24-15)10-11-21(28)17-7-4-3-5-8-17/h3-5,7-8,13-14,20-21,28-29H,6,9-12H2,1-2H3/t20?,21-/m1/s1. The third kappa shape index (κ3) is 3.49. The Morgan fingerprint density at radius 3 is 2.76 bits per heavy atom. The number of benzene rings is 1. The Morgan fingerprint density at radius 1 is 1.28 bits per heavy atom. The highest BCUT2D eigenvalue weighted by Gasteiger charge is 2.30. The highest BCUT2D eigenvalue weighted by atomic mass is 16.3. The van der Waals surface area contributed by atoms with Crippen LogP contribution in [0.15, 0.2) is 36.5 Å². The molecule has 2 aromatic heterocycles. The molecule has 2 N–H and O–H groups in total. The van der Waals surface area contributed by atoms with Crippen LogP contribution < -0.4 is 0 Å². The molecular weight excluding hydrogens is 366 g/mol. The van der Waals surface area contributed by atoms with E-state index in [4.69, 9.17) is 0 Å². The summed E-state index contributed by atoms with van der Waals surface area (Å²) in [5.41, 5.74) is 4.95. The molecule has 1 fully saturated rings. The summed E-state index contributed by atoms with van der Waals surface area (Å²) < 4.78 is 1.92. The number of nitrogens with zero attached hydrogens (tertiary/aromatic N) is 3. The lowest BCUT2D eigenvalue weighted by atomic mass is 9.94. The maximum Gasteiger partial charge on any atom is 0.210 e. The molecular formula is C23H27N3O3. The lowest BCUT2D eigenvalue weighted by Crippen LogP contribution is -2.22. The van der Waals surface area contributed by atoms with Crippen LogP contribution in [0, 0.1) is 13.8 Å². The molecule has 6 nitrogen and oxygen atoms in total. The van der Waals surface area contributed by atoms with Crippen molar-refractivity contribution in [2.75, 3.05) is 6.54 Å². The predicted molar refractivity (Wildman–Crippen MR) is 111 cm³/mol. The minimum Gasteiger partial charge on any atom is -0.504 e. The van der Waals surface area contributed by atoms with E-state index in [9.17, 15) is 15.0 Å². The molecule has 2 atom stereocenters. The van der Waals surface area contributed by atoms with Gasteiger partial charge in [-0.2, -0.15) is 0 Å². The Kier molecular flexibility index (Phi) is 5.28. The van der Waals surface area contributed by atoms with E-state index in [0.29, 0.717) is 18.5 Å². The Bertz CT molecular complexity index is 1030. The number of aliphatic hydroxyl groups excluding tert-OH is 1. The topological polar surface area (TPSA) is 78.1 Å². The van der Waals surface area contributed by atoms with Gasteiger partial charge < -0.3 is 19.5 Å². The van der Waals surface area contributed by atoms with Crippen molar-refractivity contribution < 1.29 is 15.0 Å². The molecule has 1 aliphatic rings. The first-order valence-electron chi connectivity index (χ1n) is 10.1. The Labute approximate surface area is 170 Å². The van der Waals surface area contributed by atoms with Crippen molar-refractivity contribution in [3.63, 3.8) is 0 Å². The van der Waals surface area contributed by atoms with Crippen molar-refractivity contribution in [3.8, 4) is 5.75 Å². The number of fused-ring (bicyclic) bond motifs is 1. The first-order chi connectivity index (χ1) is 14.0. The summed E-state index contributed by atoms with van der Waals surface area (Å²) in [6.45, 7) is 4.62. The van der Waals surface area contributed by atoms with Gasteiger partial charge in [0.2, 0.25) is 6.41 Å². The monoisotopic (exact) mass is 393 g/mol. The van der Waals surface area contributed by atoms with Crippen molar-refractivity contribution >= 4 is 12.1 Å². The molecule has 152 valence electrons. The highest BCUT2D eigenvalue weighted by molar-refractivity contribution is 5.62. The van der Waals surface area contributed by atoms with Crippen LogP contribution in [-0.2, 0) is 11.2 Å². The van der Waals surface area contributed by atoms with Crippen molar-refractivity contribution in [1.29, 1.82) is 0 Å². The number of imidazole rings is 1. The molecule has 1 amide bonds. The molecule has 1 aliphatic heterocycles. The maximum absolute atomic E-state index is 11.6. The second-order valence-corrected chi connectivity index (χ2v) is 7.85. The number of aromatic nitrogens is 2. The molecule has 6 heteroatoms. The zero-order valence-corrected chi connectivity index (χ0v) is 16.9. The van der Waals surface area contributed by atoms with E-state index in [0.717, 1.165) is 53.9 Å². The van der Waals surface area contributed by atoms with Gasteiger partial charge in [0.25, 0.3) is 0 Å². The van der Waals surface area contributed by atoms with E-state index in [2.05, 4.69) is 4.98 Å². The van der Waals surface area contributed by atoms with Gasteiger partial charge in [-0.05, 0) is 50.7 Å². The normalized spacial score (nSPS) is 17.8. The van der Waals surface area contributed by atoms with Crippen LogP contribution in [0.1, 0.15) is 59.5 Å². The number of carbonyl (C=O) groups is 1. The van der Waals surface area contributed by atoms with E-state index in [-0.39, 0.29) is 11.8 Å². The molecule has 4 rings (SSSR count). The molecule has 3 aromatic rings. The fourth-order valence-electron chi connectivity index (χ4n) is 4.36. The van der Waals surface area contributed by atoms with Crippen LogP contribution in [0.3, 0.4) is 0 Å². The quantitative estimate of drug-likeness (QED) is 0.627. The van der Waals surface area contributed by atoms with Crippen molar-refractivity contribution in [2.45, 2.75) is 51.7 Å². The van der Waals surface area contributed by atoms with E-state index in [1.54, 1.807) is 4.90 Å². The SMILES string of the molecule is Cc1nc2c(O)c(CC[C@@H](O)c3ccccc3)c(C3CCCN3C=O)cn2c1C. The van der Waals surface area contributed by atoms with Crippen molar-refractivity contribution in [1.82, 2.24) is 14.3 Å². The lowest BCUT2D eigenvalue weighted by molar-refractivity contribution is -0.118. The number of hydrogen-bond acceptors (Lipinski definition) is 4. The molecule has 1 unspecified atom stereocenters. The van der Waals surface area contributed by atoms with E-state index < -0.39 is 6.10 Å². The highest BCUT2D eigenvalue weighted by Crippen LogP contribution is 2.39. The van der Waals surface area contributed by atoms with Gasteiger partial charge in [-0.1, -0.05) is 30.3 Å². The number of amides is 1. The van der Waals surface area contributed by atoms with Gasteiger partial charge in [-0.25, -0.2) is 4.98 Å². The van der Waals surface area contributed by atoms with Crippen LogP contribution in [0.4, 0.5) is 0 Å². The molecule has 1 saturated heterocycles. The number of aliphatic hydroxyl groups is 1. The Balaban J connectivity index is 1.75. The van der Waals surface area contributed by atoms with Crippen LogP contribution in [0.5, 0.6) is 5.75 Å². The number of pyridine rings is 1. The number of carbonyl (C=O) groups excluding carboxylic acids is 1. The molecule has 0 radical (unpaired) electrons. The maximum atomic E-state index is 11.6. The fourth-order valence-corrected chi connectivity index (χ4v) is 4.36. The molecule has 29 heavy (non-hydrogen) atoms. The van der Waals surface area contributed by atoms with Gasteiger partial charge in [0.15, 0.2) is 11.4 Å². The van der Waals surface area contributed by atoms with Gasteiger partial charge in [0.1, 0.15) is 0 Å². The van der Waals surface area contributed by atoms with Crippen LogP contribution >= 0.6 is 0 Å². The summed E-state index contributed by atoms with van der Waals surface area (Å²) >= 11 is 0. The van der Waals surface area contributed by atoms with Crippen molar-refractivity contribution in [2.24, 2.45) is 0 Å². The van der Waals surface area contributed by atoms with Gasteiger partial charge in [0.05, 0.1) is 17.8 Å². The number of likely N-dealkylation sites (tertiary alicyclic amines) is 1. The first kappa shape index (κ1) is 19.5. The number of aryl methyl sites for hydroxylation is 2. The Morgan fingerprint density at radius 2 is 2.03 bits per heavy atom. The van der Waals surface area contributed by atoms with Gasteiger partial charge >= 0.3 is 0 Å². The number of aromatic hydroxyl groups is 1. The second kappa shape index (κ2) is 7.87. The average molecular weight is 393 g/mol. The van der Waals surface area contributed by atoms with Gasteiger partial charge in [-0.3, -0.25) is 4.79 Å². The summed E-state index contributed by atoms with van der Waals surface area (Å²) in [4.78, 5) is 17.9. The van der Waals surface area contributed by atoms with E-state index in [1.807, 2.05) is 54.8 Å². The zero-order valence-electron chi connectivity index (χ0n) is 16.9. The molecule has 1 aromatic carbocycles. The summed E-state index contributed by atoms with van der Waals surface area (Å²) in [6.07, 6.45) is 5.08. The van der Waals surface area contributed by atoms with Gasteiger partial charge in [0, 0.05) is 24.0 Å². The van der Waals surface area contributed by atoms with Crippen LogP contribution in [-0.4, -0.2) is 37.5 Å². The number of hydrogen-bond donors (Lipinski definition) is 2. The molecule has 0 aliphatic carbocycles. The summed E-state index contributed by atoms with van der Waals surface area (Å²) in [5.74, 6) is 0.150. The third-order valence-electron chi connectivity index (χ3n) is 6.14. The van der Waals surface area contributed by atoms with Gasteiger partial charge in [-0.15, -0.1) is 0 Å². The summed E-state index contributed by atoms with van der Waals surface area (Å²) in [6, 6.07) is 9.48. The number of rotatable bonds is 6. The summed E-state index contributed by atoms with van der Waals surface area (Å²) in [7, 11) is 0. The molecule has 0 saturated carbocycles. The van der Waals surface area contributed by atoms with Crippen LogP contribution in [0.2, 0.25) is 0 Å². The second-order valence-electron chi connectivity index (χ2n) is 7.85. The summed E-state index contributed by atoms with van der Waals surface area (Å²) in [5, 5.41) is 21.7. The third-order valence-corrected chi connectivity index (χ3v) is 6.14. The smallest absolute Gasteiger partial charge is 0.210 e. The zero-order chi connectivity index (χ0) is 20.5. The fraction of sp³-hybridized carbons (Fsp3) is 0.391. The molecule has 0 spiro atoms. The van der Waals surface area contributed by atoms with Crippen molar-refractivity contribution in [3.05, 3.63) is 64.6 Å². The first-order valence-corrected chi connectivity index (χ1v) is 10.1. The lowest BCUT2D eigenvalue weighted by Gasteiger charge is -2.24. The molecule has 3 heterocycles. The minimum atomic E-state index is -0.617. The largest absolute Gasteiger partial charge is 0.504 e. The average Bonchev–Trinajstić information content (AvgIpc) is 3.32. The van der Waals surface area contributed by atoms with E-state index in [1.165, 1.54) is 0 Å². The van der Waals surface area contributed by atoms with Crippen LogP contribution in [0.25, 0.3) is 5.65 Å². The predicted octanol–water partition coefficient (Wildman–Crippen LogP) is 3.62. The van der Waals surface area contributed by atoms with E-state index >= 15 is 0 Å².